The van der Waals surface area contributed by atoms with Crippen molar-refractivity contribution in [1.82, 2.24) is 0 Å². The highest BCUT2D eigenvalue weighted by atomic mass is 28.4. The summed E-state index contributed by atoms with van der Waals surface area (Å²) >= 11 is 0. The fraction of sp³-hybridized carbons (Fsp3) is 0.846. The van der Waals surface area contributed by atoms with E-state index in [0.717, 1.165) is 0 Å². The zero-order valence-corrected chi connectivity index (χ0v) is 12.8. The maximum Gasteiger partial charge on any atom is 0.192 e. The summed E-state index contributed by atoms with van der Waals surface area (Å²) in [6.07, 6.45) is 0.852. The predicted octanol–water partition coefficient (Wildman–Crippen LogP) is 1.44. The lowest BCUT2D eigenvalue weighted by Crippen LogP contribution is -2.59. The van der Waals surface area contributed by atoms with Crippen LogP contribution in [-0.4, -0.2) is 49.1 Å². The largest absolute Gasteiger partial charge is 0.408 e. The van der Waals surface area contributed by atoms with Crippen LogP contribution in [0.25, 0.3) is 0 Å². The van der Waals surface area contributed by atoms with Gasteiger partial charge in [0.15, 0.2) is 8.32 Å². The van der Waals surface area contributed by atoms with Crippen LogP contribution in [0.2, 0.25) is 18.1 Å². The smallest absolute Gasteiger partial charge is 0.192 e. The molecule has 2 aliphatic heterocycles. The molecule has 2 bridgehead atoms. The molecule has 104 valence electrons. The van der Waals surface area contributed by atoms with Crippen LogP contribution in [0, 0.1) is 0 Å². The number of aliphatic hydroxyl groups excluding tert-OH is 2. The van der Waals surface area contributed by atoms with Gasteiger partial charge >= 0.3 is 0 Å². The van der Waals surface area contributed by atoms with E-state index >= 15 is 0 Å². The van der Waals surface area contributed by atoms with Crippen LogP contribution in [0.5, 0.6) is 0 Å². The fourth-order valence-electron chi connectivity index (χ4n) is 2.11. The van der Waals surface area contributed by atoms with Crippen molar-refractivity contribution >= 4 is 8.32 Å². The van der Waals surface area contributed by atoms with Crippen molar-refractivity contribution in [3.63, 3.8) is 0 Å². The normalized spacial score (nSPS) is 40.3. The Labute approximate surface area is 110 Å². The Balaban J connectivity index is 2.16. The highest BCUT2D eigenvalue weighted by molar-refractivity contribution is 6.74. The van der Waals surface area contributed by atoms with Gasteiger partial charge in [-0.2, -0.15) is 0 Å². The number of hydrogen-bond donors (Lipinski definition) is 2. The fourth-order valence-corrected chi connectivity index (χ4v) is 3.42. The molecule has 1 fully saturated rings. The van der Waals surface area contributed by atoms with Crippen LogP contribution in [0.4, 0.5) is 0 Å². The standard InChI is InChI=1S/C13H24O4Si/c1-13(2,3)18(4,5)17-12-9-7-6-8(16-9)10(14)11(12)15/h6-12,14-15H,1-5H3/t8-,9+,10-,11+,12+/m0/s1. The molecule has 0 aliphatic carbocycles. The number of ether oxygens (including phenoxy) is 1. The molecule has 2 rings (SSSR count). The first-order chi connectivity index (χ1) is 8.13. The summed E-state index contributed by atoms with van der Waals surface area (Å²) in [6, 6.07) is 0. The lowest BCUT2D eigenvalue weighted by atomic mass is 10.00. The minimum atomic E-state index is -1.99. The van der Waals surface area contributed by atoms with Crippen molar-refractivity contribution in [2.45, 2.75) is 69.4 Å². The van der Waals surface area contributed by atoms with Gasteiger partial charge in [0.25, 0.3) is 0 Å². The van der Waals surface area contributed by atoms with Crippen LogP contribution in [0.15, 0.2) is 12.2 Å². The third-order valence-corrected chi connectivity index (χ3v) is 8.86. The van der Waals surface area contributed by atoms with Crippen molar-refractivity contribution < 1.29 is 19.4 Å². The third kappa shape index (κ3) is 2.30. The lowest BCUT2D eigenvalue weighted by molar-refractivity contribution is -0.182. The first kappa shape index (κ1) is 14.2. The Bertz CT molecular complexity index is 347. The second-order valence-electron chi connectivity index (χ2n) is 6.77. The van der Waals surface area contributed by atoms with E-state index in [1.165, 1.54) is 0 Å². The molecule has 18 heavy (non-hydrogen) atoms. The molecule has 0 aromatic rings. The average Bonchev–Trinajstić information content (AvgIpc) is 2.66. The second kappa shape index (κ2) is 4.42. The molecule has 0 aromatic heterocycles. The molecule has 0 saturated carbocycles. The summed E-state index contributed by atoms with van der Waals surface area (Å²) in [5, 5.41) is 20.2. The molecule has 2 heterocycles. The topological polar surface area (TPSA) is 58.9 Å². The minimum absolute atomic E-state index is 0.0663. The van der Waals surface area contributed by atoms with E-state index < -0.39 is 26.6 Å². The third-order valence-electron chi connectivity index (χ3n) is 4.39. The maximum atomic E-state index is 10.2. The molecule has 2 N–H and O–H groups in total. The van der Waals surface area contributed by atoms with Crippen molar-refractivity contribution in [3.05, 3.63) is 12.2 Å². The minimum Gasteiger partial charge on any atom is -0.408 e. The first-order valence-electron chi connectivity index (χ1n) is 6.51. The lowest BCUT2D eigenvalue weighted by Gasteiger charge is -2.45. The van der Waals surface area contributed by atoms with E-state index in [9.17, 15) is 10.2 Å². The van der Waals surface area contributed by atoms with Gasteiger partial charge < -0.3 is 19.4 Å². The van der Waals surface area contributed by atoms with Crippen LogP contribution >= 0.6 is 0 Å². The Morgan fingerprint density at radius 2 is 1.61 bits per heavy atom. The SMILES string of the molecule is CC(C)(C)[Si](C)(C)O[C@H]1[C@H](O)[C@@H](O)[C@@H]2C=C[C@H]1O2. The molecule has 1 saturated heterocycles. The van der Waals surface area contributed by atoms with E-state index in [4.69, 9.17) is 9.16 Å². The summed E-state index contributed by atoms with van der Waals surface area (Å²) in [5.41, 5.74) is 0. The van der Waals surface area contributed by atoms with Crippen LogP contribution in [0.3, 0.4) is 0 Å². The highest BCUT2D eigenvalue weighted by Gasteiger charge is 2.50. The van der Waals surface area contributed by atoms with E-state index in [0.29, 0.717) is 0 Å². The van der Waals surface area contributed by atoms with Gasteiger partial charge in [0.1, 0.15) is 30.5 Å². The molecule has 0 unspecified atom stereocenters. The van der Waals surface area contributed by atoms with Gasteiger partial charge in [-0.15, -0.1) is 0 Å². The van der Waals surface area contributed by atoms with Gasteiger partial charge in [-0.25, -0.2) is 0 Å². The summed E-state index contributed by atoms with van der Waals surface area (Å²) in [6.45, 7) is 10.7. The monoisotopic (exact) mass is 272 g/mol. The van der Waals surface area contributed by atoms with E-state index in [1.807, 2.05) is 12.2 Å². The van der Waals surface area contributed by atoms with Crippen LogP contribution in [-0.2, 0) is 9.16 Å². The molecular formula is C13H24O4Si. The number of hydrogen-bond acceptors (Lipinski definition) is 4. The van der Waals surface area contributed by atoms with Gasteiger partial charge in [0, 0.05) is 0 Å². The van der Waals surface area contributed by atoms with Gasteiger partial charge in [-0.05, 0) is 18.1 Å². The molecule has 5 atom stereocenters. The van der Waals surface area contributed by atoms with Crippen molar-refractivity contribution in [2.75, 3.05) is 0 Å². The zero-order valence-electron chi connectivity index (χ0n) is 11.8. The van der Waals surface area contributed by atoms with Crippen LogP contribution in [0.1, 0.15) is 20.8 Å². The Morgan fingerprint density at radius 1 is 1.06 bits per heavy atom. The molecule has 0 spiro atoms. The van der Waals surface area contributed by atoms with Crippen molar-refractivity contribution in [3.8, 4) is 0 Å². The van der Waals surface area contributed by atoms with Gasteiger partial charge in [-0.3, -0.25) is 0 Å². The zero-order chi connectivity index (χ0) is 13.7. The molecule has 0 aromatic carbocycles. The van der Waals surface area contributed by atoms with E-state index in [1.54, 1.807) is 0 Å². The van der Waals surface area contributed by atoms with E-state index in [-0.39, 0.29) is 17.2 Å². The molecule has 5 heteroatoms. The Kier molecular flexibility index (Phi) is 3.49. The van der Waals surface area contributed by atoms with Crippen molar-refractivity contribution in [2.24, 2.45) is 0 Å². The summed E-state index contributed by atoms with van der Waals surface area (Å²) < 4.78 is 11.8. The van der Waals surface area contributed by atoms with Gasteiger partial charge in [0.2, 0.25) is 0 Å². The summed E-state index contributed by atoms with van der Waals surface area (Å²) in [5.74, 6) is 0. The summed E-state index contributed by atoms with van der Waals surface area (Å²) in [4.78, 5) is 0. The van der Waals surface area contributed by atoms with E-state index in [2.05, 4.69) is 33.9 Å². The van der Waals surface area contributed by atoms with Gasteiger partial charge in [0.05, 0.1) is 0 Å². The number of rotatable bonds is 2. The Morgan fingerprint density at radius 3 is 2.17 bits per heavy atom. The van der Waals surface area contributed by atoms with Gasteiger partial charge in [-0.1, -0.05) is 32.9 Å². The average molecular weight is 272 g/mol. The highest BCUT2D eigenvalue weighted by Crippen LogP contribution is 2.40. The molecule has 0 radical (unpaired) electrons. The molecule has 4 nitrogen and oxygen atoms in total. The second-order valence-corrected chi connectivity index (χ2v) is 11.5. The predicted molar refractivity (Wildman–Crippen MR) is 71.9 cm³/mol. The quantitative estimate of drug-likeness (QED) is 0.590. The van der Waals surface area contributed by atoms with Crippen LogP contribution < -0.4 is 0 Å². The summed E-state index contributed by atoms with van der Waals surface area (Å²) in [7, 11) is -1.99. The number of fused-ring (bicyclic) bond motifs is 2. The van der Waals surface area contributed by atoms with Crippen molar-refractivity contribution in [1.29, 1.82) is 0 Å². The maximum absolute atomic E-state index is 10.2. The number of aliphatic hydroxyl groups is 2. The Hall–Kier alpha value is -0.203. The molecule has 0 amide bonds. The molecule has 2 aliphatic rings. The molecular weight excluding hydrogens is 248 g/mol. The first-order valence-corrected chi connectivity index (χ1v) is 9.42.